The van der Waals surface area contributed by atoms with Crippen LogP contribution in [0.3, 0.4) is 0 Å². The summed E-state index contributed by atoms with van der Waals surface area (Å²) in [5.74, 6) is -1.04. The van der Waals surface area contributed by atoms with Gasteiger partial charge in [0.15, 0.2) is 0 Å². The lowest BCUT2D eigenvalue weighted by atomic mass is 10.2. The van der Waals surface area contributed by atoms with Crippen molar-refractivity contribution in [2.45, 2.75) is 0 Å². The highest BCUT2D eigenvalue weighted by Gasteiger charge is 2.09. The SMILES string of the molecule is Nc1c(O)cccc1C(=O)O.Oc1cccc2cc[nH]c12. The molecule has 6 heteroatoms. The number of nitrogen functional groups attached to an aromatic ring is 1. The third-order valence-corrected chi connectivity index (χ3v) is 2.88. The summed E-state index contributed by atoms with van der Waals surface area (Å²) in [5.41, 5.74) is 5.88. The molecule has 6 nitrogen and oxygen atoms in total. The highest BCUT2D eigenvalue weighted by Crippen LogP contribution is 2.23. The van der Waals surface area contributed by atoms with Crippen LogP contribution in [0.1, 0.15) is 10.4 Å². The minimum Gasteiger partial charge on any atom is -0.506 e. The van der Waals surface area contributed by atoms with E-state index in [9.17, 15) is 9.90 Å². The molecule has 1 heterocycles. The molecule has 21 heavy (non-hydrogen) atoms. The lowest BCUT2D eigenvalue weighted by molar-refractivity contribution is 0.0697. The van der Waals surface area contributed by atoms with E-state index in [0.29, 0.717) is 5.75 Å². The van der Waals surface area contributed by atoms with E-state index in [1.807, 2.05) is 24.4 Å². The van der Waals surface area contributed by atoms with Crippen molar-refractivity contribution in [3.8, 4) is 11.5 Å². The number of carboxylic acid groups (broad SMARTS) is 1. The van der Waals surface area contributed by atoms with E-state index in [-0.39, 0.29) is 17.0 Å². The molecule has 1 aromatic heterocycles. The lowest BCUT2D eigenvalue weighted by Gasteiger charge is -2.00. The number of nitrogens with two attached hydrogens (primary N) is 1. The van der Waals surface area contributed by atoms with E-state index in [2.05, 4.69) is 4.98 Å². The van der Waals surface area contributed by atoms with Crippen molar-refractivity contribution in [1.82, 2.24) is 4.98 Å². The van der Waals surface area contributed by atoms with Crippen molar-refractivity contribution < 1.29 is 20.1 Å². The van der Waals surface area contributed by atoms with Gasteiger partial charge in [-0.2, -0.15) is 0 Å². The molecule has 0 spiro atoms. The molecule has 2 aromatic carbocycles. The fourth-order valence-corrected chi connectivity index (χ4v) is 1.81. The number of aromatic nitrogens is 1. The molecule has 0 fully saturated rings. The summed E-state index contributed by atoms with van der Waals surface area (Å²) in [6.07, 6.45) is 1.81. The van der Waals surface area contributed by atoms with Crippen LogP contribution in [0.15, 0.2) is 48.7 Å². The highest BCUT2D eigenvalue weighted by atomic mass is 16.4. The van der Waals surface area contributed by atoms with Crippen molar-refractivity contribution in [1.29, 1.82) is 0 Å². The quantitative estimate of drug-likeness (QED) is 0.348. The van der Waals surface area contributed by atoms with E-state index < -0.39 is 5.97 Å². The Balaban J connectivity index is 0.000000154. The molecule has 108 valence electrons. The number of anilines is 1. The third-order valence-electron chi connectivity index (χ3n) is 2.88. The van der Waals surface area contributed by atoms with Gasteiger partial charge >= 0.3 is 5.97 Å². The van der Waals surface area contributed by atoms with Crippen molar-refractivity contribution in [3.05, 3.63) is 54.2 Å². The number of carbonyl (C=O) groups is 1. The summed E-state index contributed by atoms with van der Waals surface area (Å²) >= 11 is 0. The van der Waals surface area contributed by atoms with Gasteiger partial charge in [-0.1, -0.05) is 18.2 Å². The summed E-state index contributed by atoms with van der Waals surface area (Å²) in [6.45, 7) is 0. The van der Waals surface area contributed by atoms with Crippen LogP contribution in [0.25, 0.3) is 10.9 Å². The Labute approximate surface area is 120 Å². The Morgan fingerprint density at radius 2 is 1.67 bits per heavy atom. The van der Waals surface area contributed by atoms with Crippen molar-refractivity contribution in [2.24, 2.45) is 0 Å². The maximum atomic E-state index is 10.4. The normalized spacial score (nSPS) is 9.90. The number of nitrogens with one attached hydrogen (secondary N) is 1. The molecule has 0 aliphatic heterocycles. The molecular formula is C15H14N2O4. The van der Waals surface area contributed by atoms with E-state index >= 15 is 0 Å². The number of hydrogen-bond donors (Lipinski definition) is 5. The van der Waals surface area contributed by atoms with Crippen LogP contribution < -0.4 is 5.73 Å². The molecule has 3 aromatic rings. The second-order valence-electron chi connectivity index (χ2n) is 4.26. The van der Waals surface area contributed by atoms with E-state index in [1.54, 1.807) is 6.07 Å². The van der Waals surface area contributed by atoms with E-state index in [1.165, 1.54) is 18.2 Å². The average molecular weight is 286 g/mol. The number of phenolic OH excluding ortho intramolecular Hbond substituents is 2. The molecule has 0 aliphatic rings. The number of benzene rings is 2. The van der Waals surface area contributed by atoms with Gasteiger partial charge in [-0.15, -0.1) is 0 Å². The van der Waals surface area contributed by atoms with Crippen molar-refractivity contribution in [2.75, 3.05) is 5.73 Å². The molecule has 0 radical (unpaired) electrons. The van der Waals surface area contributed by atoms with Gasteiger partial charge in [-0.25, -0.2) is 4.79 Å². The standard InChI is InChI=1S/C8H7NO.C7H7NO3/c10-7-3-1-2-6-4-5-9-8(6)7;8-6-4(7(10)11)2-1-3-5(6)9/h1-5,9-10H;1-3,9H,8H2,(H,10,11). The fourth-order valence-electron chi connectivity index (χ4n) is 1.81. The van der Waals surface area contributed by atoms with Gasteiger partial charge in [0.1, 0.15) is 11.5 Å². The monoisotopic (exact) mass is 286 g/mol. The van der Waals surface area contributed by atoms with Crippen LogP contribution in [0.2, 0.25) is 0 Å². The number of fused-ring (bicyclic) bond motifs is 1. The smallest absolute Gasteiger partial charge is 0.337 e. The second kappa shape index (κ2) is 5.87. The molecule has 0 amide bonds. The number of phenols is 2. The van der Waals surface area contributed by atoms with Crippen molar-refractivity contribution in [3.63, 3.8) is 0 Å². The maximum Gasteiger partial charge on any atom is 0.337 e. The zero-order valence-electron chi connectivity index (χ0n) is 10.9. The second-order valence-corrected chi connectivity index (χ2v) is 4.26. The van der Waals surface area contributed by atoms with Crippen LogP contribution in [0.4, 0.5) is 5.69 Å². The van der Waals surface area contributed by atoms with Gasteiger partial charge in [0.25, 0.3) is 0 Å². The molecule has 6 N–H and O–H groups in total. The molecule has 0 saturated heterocycles. The molecule has 3 rings (SSSR count). The van der Waals surface area contributed by atoms with Crippen LogP contribution in [-0.2, 0) is 0 Å². The molecular weight excluding hydrogens is 272 g/mol. The van der Waals surface area contributed by atoms with E-state index in [0.717, 1.165) is 10.9 Å². The predicted molar refractivity (Wildman–Crippen MR) is 79.4 cm³/mol. The minimum atomic E-state index is -1.14. The van der Waals surface area contributed by atoms with Gasteiger partial charge in [0.05, 0.1) is 16.8 Å². The number of aromatic carboxylic acids is 1. The summed E-state index contributed by atoms with van der Waals surface area (Å²) in [7, 11) is 0. The first kappa shape index (κ1) is 14.3. The Hall–Kier alpha value is -3.15. The Morgan fingerprint density at radius 3 is 2.29 bits per heavy atom. The number of para-hydroxylation sites is 2. The Bertz CT molecular complexity index is 780. The lowest BCUT2D eigenvalue weighted by Crippen LogP contribution is -2.01. The summed E-state index contributed by atoms with van der Waals surface area (Å²) in [6, 6.07) is 11.5. The molecule has 0 saturated carbocycles. The van der Waals surface area contributed by atoms with Gasteiger partial charge in [0, 0.05) is 11.6 Å². The van der Waals surface area contributed by atoms with Crippen molar-refractivity contribution >= 4 is 22.6 Å². The number of hydrogen-bond acceptors (Lipinski definition) is 4. The molecule has 0 bridgehead atoms. The minimum absolute atomic E-state index is 0.0787. The fraction of sp³-hybridized carbons (Fsp3) is 0. The number of rotatable bonds is 1. The van der Waals surface area contributed by atoms with Gasteiger partial charge < -0.3 is 26.0 Å². The Kier molecular flexibility index (Phi) is 3.99. The van der Waals surface area contributed by atoms with Gasteiger partial charge in [-0.05, 0) is 24.3 Å². The van der Waals surface area contributed by atoms with Gasteiger partial charge in [-0.3, -0.25) is 0 Å². The number of aromatic amines is 1. The van der Waals surface area contributed by atoms with Crippen LogP contribution in [0.5, 0.6) is 11.5 Å². The predicted octanol–water partition coefficient (Wildman–Crippen LogP) is 2.55. The topological polar surface area (TPSA) is 120 Å². The molecule has 0 aliphatic carbocycles. The first-order valence-corrected chi connectivity index (χ1v) is 6.06. The third kappa shape index (κ3) is 3.06. The molecule has 0 unspecified atom stereocenters. The van der Waals surface area contributed by atoms with Crippen LogP contribution in [-0.4, -0.2) is 26.3 Å². The zero-order valence-corrected chi connectivity index (χ0v) is 10.9. The van der Waals surface area contributed by atoms with Gasteiger partial charge in [0.2, 0.25) is 0 Å². The zero-order chi connectivity index (χ0) is 15.4. The number of aromatic hydroxyl groups is 2. The first-order valence-electron chi connectivity index (χ1n) is 6.06. The largest absolute Gasteiger partial charge is 0.506 e. The summed E-state index contributed by atoms with van der Waals surface area (Å²) in [4.78, 5) is 13.3. The molecule has 0 atom stereocenters. The Morgan fingerprint density at radius 1 is 1.00 bits per heavy atom. The van der Waals surface area contributed by atoms with Crippen LogP contribution >= 0.6 is 0 Å². The highest BCUT2D eigenvalue weighted by molar-refractivity contribution is 5.95. The number of carboxylic acids is 1. The average Bonchev–Trinajstić information content (AvgIpc) is 2.92. The first-order chi connectivity index (χ1) is 10.0. The summed E-state index contributed by atoms with van der Waals surface area (Å²) < 4.78 is 0. The summed E-state index contributed by atoms with van der Waals surface area (Å²) in [5, 5.41) is 27.7. The number of H-pyrrole nitrogens is 1. The van der Waals surface area contributed by atoms with Crippen LogP contribution in [0, 0.1) is 0 Å². The van der Waals surface area contributed by atoms with E-state index in [4.69, 9.17) is 15.9 Å². The maximum absolute atomic E-state index is 10.4.